The van der Waals surface area contributed by atoms with Gasteiger partial charge in [0.15, 0.2) is 0 Å². The first kappa shape index (κ1) is 17.0. The van der Waals surface area contributed by atoms with Crippen LogP contribution in [0.2, 0.25) is 0 Å². The molecule has 0 aliphatic carbocycles. The second kappa shape index (κ2) is 6.93. The third-order valence-corrected chi connectivity index (χ3v) is 3.55. The van der Waals surface area contributed by atoms with Gasteiger partial charge in [-0.25, -0.2) is 5.43 Å². The first-order valence-electron chi connectivity index (χ1n) is 7.42. The Labute approximate surface area is 145 Å². The van der Waals surface area contributed by atoms with Crippen LogP contribution in [0.15, 0.2) is 46.6 Å². The van der Waals surface area contributed by atoms with Crippen molar-refractivity contribution in [2.24, 2.45) is 5.10 Å². The number of hydrogen-bond acceptors (Lipinski definition) is 7. The van der Waals surface area contributed by atoms with E-state index in [9.17, 15) is 19.7 Å². The number of hydrazone groups is 1. The minimum absolute atomic E-state index is 0.0304. The highest BCUT2D eigenvalue weighted by molar-refractivity contribution is 5.82. The van der Waals surface area contributed by atoms with Gasteiger partial charge in [-0.3, -0.25) is 19.7 Å². The van der Waals surface area contributed by atoms with Gasteiger partial charge >= 0.3 is 0 Å². The Morgan fingerprint density at radius 3 is 2.81 bits per heavy atom. The predicted molar refractivity (Wildman–Crippen MR) is 90.8 cm³/mol. The average Bonchev–Trinajstić information content (AvgIpc) is 3.09. The van der Waals surface area contributed by atoms with Gasteiger partial charge in [-0.1, -0.05) is 0 Å². The maximum absolute atomic E-state index is 12.1. The molecule has 0 saturated carbocycles. The zero-order valence-electron chi connectivity index (χ0n) is 13.6. The van der Waals surface area contributed by atoms with Crippen molar-refractivity contribution in [3.8, 4) is 0 Å². The summed E-state index contributed by atoms with van der Waals surface area (Å²) in [5.41, 5.74) is 3.15. The predicted octanol–water partition coefficient (Wildman–Crippen LogP) is 0.258. The number of nitro groups is 1. The number of nitro benzene ring substituents is 1. The molecule has 1 aromatic carbocycles. The average molecular weight is 355 g/mol. The monoisotopic (exact) mass is 355 g/mol. The van der Waals surface area contributed by atoms with Crippen LogP contribution in [-0.2, 0) is 11.3 Å². The Balaban J connectivity index is 1.69. The standard InChI is InChI=1S/C15H13N7O4/c1-10-6-14(24)21-15(16-9-18-21)20(10)8-13(23)19-17-7-11-2-4-12(5-3-11)22(25)26/h2-7,9H,8H2,1H3,(H,19,23). The Morgan fingerprint density at radius 1 is 1.38 bits per heavy atom. The van der Waals surface area contributed by atoms with Crippen LogP contribution in [0.4, 0.5) is 5.69 Å². The molecule has 0 spiro atoms. The number of hydrogen-bond donors (Lipinski definition) is 1. The molecule has 0 bridgehead atoms. The number of carbonyl (C=O) groups excluding carboxylic acids is 1. The molecule has 1 amide bonds. The van der Waals surface area contributed by atoms with E-state index in [2.05, 4.69) is 20.6 Å². The van der Waals surface area contributed by atoms with Crippen molar-refractivity contribution in [1.29, 1.82) is 0 Å². The van der Waals surface area contributed by atoms with E-state index in [1.165, 1.54) is 47.4 Å². The summed E-state index contributed by atoms with van der Waals surface area (Å²) in [6, 6.07) is 7.07. The highest BCUT2D eigenvalue weighted by Crippen LogP contribution is 2.10. The Morgan fingerprint density at radius 2 is 2.12 bits per heavy atom. The number of non-ortho nitro benzene ring substituents is 1. The lowest BCUT2D eigenvalue weighted by atomic mass is 10.2. The van der Waals surface area contributed by atoms with Crippen molar-refractivity contribution in [3.63, 3.8) is 0 Å². The molecule has 11 nitrogen and oxygen atoms in total. The van der Waals surface area contributed by atoms with Crippen LogP contribution < -0.4 is 11.0 Å². The number of aryl methyl sites for hydroxylation is 1. The zero-order valence-corrected chi connectivity index (χ0v) is 13.6. The largest absolute Gasteiger partial charge is 0.305 e. The molecule has 132 valence electrons. The summed E-state index contributed by atoms with van der Waals surface area (Å²) in [6.45, 7) is 1.58. The highest BCUT2D eigenvalue weighted by atomic mass is 16.6. The first-order valence-corrected chi connectivity index (χ1v) is 7.42. The molecule has 2 aromatic heterocycles. The van der Waals surface area contributed by atoms with E-state index in [1.807, 2.05) is 0 Å². The Hall–Kier alpha value is -3.89. The highest BCUT2D eigenvalue weighted by Gasteiger charge is 2.11. The van der Waals surface area contributed by atoms with E-state index in [0.29, 0.717) is 11.3 Å². The molecule has 0 aliphatic rings. The summed E-state index contributed by atoms with van der Waals surface area (Å²) in [5.74, 6) is -0.177. The minimum atomic E-state index is -0.499. The number of rotatable bonds is 5. The van der Waals surface area contributed by atoms with Crippen molar-refractivity contribution in [1.82, 2.24) is 24.6 Å². The molecule has 0 saturated heterocycles. The van der Waals surface area contributed by atoms with Crippen LogP contribution in [0, 0.1) is 17.0 Å². The molecule has 2 heterocycles. The molecule has 0 unspecified atom stereocenters. The van der Waals surface area contributed by atoms with E-state index in [-0.39, 0.29) is 23.6 Å². The van der Waals surface area contributed by atoms with Crippen molar-refractivity contribution in [3.05, 3.63) is 68.4 Å². The fourth-order valence-electron chi connectivity index (χ4n) is 2.29. The molecular formula is C15H13N7O4. The Bertz CT molecular complexity index is 1070. The lowest BCUT2D eigenvalue weighted by molar-refractivity contribution is -0.384. The second-order valence-corrected chi connectivity index (χ2v) is 5.32. The summed E-state index contributed by atoms with van der Waals surface area (Å²) in [5, 5.41) is 18.2. The molecule has 1 N–H and O–H groups in total. The van der Waals surface area contributed by atoms with E-state index < -0.39 is 10.8 Å². The van der Waals surface area contributed by atoms with E-state index in [4.69, 9.17) is 0 Å². The number of amides is 1. The maximum atomic E-state index is 12.1. The zero-order chi connectivity index (χ0) is 18.7. The topological polar surface area (TPSA) is 137 Å². The summed E-state index contributed by atoms with van der Waals surface area (Å²) in [6.07, 6.45) is 2.60. The molecule has 0 fully saturated rings. The number of nitrogens with zero attached hydrogens (tertiary/aromatic N) is 6. The van der Waals surface area contributed by atoms with Gasteiger partial charge < -0.3 is 4.57 Å². The first-order chi connectivity index (χ1) is 12.5. The maximum Gasteiger partial charge on any atom is 0.275 e. The van der Waals surface area contributed by atoms with Gasteiger partial charge in [0.1, 0.15) is 12.9 Å². The third-order valence-electron chi connectivity index (χ3n) is 3.55. The van der Waals surface area contributed by atoms with Gasteiger partial charge in [0.25, 0.3) is 17.2 Å². The van der Waals surface area contributed by atoms with Gasteiger partial charge in [-0.05, 0) is 24.6 Å². The quantitative estimate of drug-likeness (QED) is 0.396. The number of benzene rings is 1. The Kier molecular flexibility index (Phi) is 4.51. The van der Waals surface area contributed by atoms with Gasteiger partial charge in [0.05, 0.1) is 11.1 Å². The van der Waals surface area contributed by atoms with Gasteiger partial charge in [0.2, 0.25) is 5.78 Å². The summed E-state index contributed by atoms with van der Waals surface area (Å²) in [4.78, 5) is 37.9. The van der Waals surface area contributed by atoms with Crippen LogP contribution in [-0.4, -0.2) is 36.2 Å². The normalized spacial score (nSPS) is 11.1. The van der Waals surface area contributed by atoms with Crippen LogP contribution >= 0.6 is 0 Å². The SMILES string of the molecule is Cc1cc(=O)n2ncnc2n1CC(=O)NN=Cc1ccc([N+](=O)[O-])cc1. The molecule has 3 rings (SSSR count). The van der Waals surface area contributed by atoms with E-state index in [1.54, 1.807) is 6.92 Å². The van der Waals surface area contributed by atoms with E-state index >= 15 is 0 Å². The summed E-state index contributed by atoms with van der Waals surface area (Å²) in [7, 11) is 0. The van der Waals surface area contributed by atoms with Crippen molar-refractivity contribution in [2.75, 3.05) is 0 Å². The molecule has 0 atom stereocenters. The smallest absolute Gasteiger partial charge is 0.275 e. The molecule has 11 heteroatoms. The van der Waals surface area contributed by atoms with Crippen LogP contribution in [0.1, 0.15) is 11.3 Å². The summed E-state index contributed by atoms with van der Waals surface area (Å²) < 4.78 is 2.63. The number of carbonyl (C=O) groups is 1. The summed E-state index contributed by atoms with van der Waals surface area (Å²) >= 11 is 0. The van der Waals surface area contributed by atoms with Crippen LogP contribution in [0.3, 0.4) is 0 Å². The van der Waals surface area contributed by atoms with Crippen LogP contribution in [0.5, 0.6) is 0 Å². The van der Waals surface area contributed by atoms with Crippen LogP contribution in [0.25, 0.3) is 5.78 Å². The van der Waals surface area contributed by atoms with Crippen molar-refractivity contribution >= 4 is 23.6 Å². The van der Waals surface area contributed by atoms with Crippen molar-refractivity contribution < 1.29 is 9.72 Å². The van der Waals surface area contributed by atoms with Gasteiger partial charge in [-0.15, -0.1) is 0 Å². The van der Waals surface area contributed by atoms with Gasteiger partial charge in [-0.2, -0.15) is 19.7 Å². The fraction of sp³-hybridized carbons (Fsp3) is 0.133. The lowest BCUT2D eigenvalue weighted by Gasteiger charge is -2.09. The molecule has 0 aliphatic heterocycles. The molecule has 3 aromatic rings. The fourth-order valence-corrected chi connectivity index (χ4v) is 2.29. The molecular weight excluding hydrogens is 342 g/mol. The number of aromatic nitrogens is 4. The molecule has 26 heavy (non-hydrogen) atoms. The number of fused-ring (bicyclic) bond motifs is 1. The van der Waals surface area contributed by atoms with E-state index in [0.717, 1.165) is 4.52 Å². The number of nitrogens with one attached hydrogen (secondary N) is 1. The van der Waals surface area contributed by atoms with Crippen molar-refractivity contribution in [2.45, 2.75) is 13.5 Å². The lowest BCUT2D eigenvalue weighted by Crippen LogP contribution is -2.27. The van der Waals surface area contributed by atoms with Gasteiger partial charge in [0, 0.05) is 23.9 Å². The minimum Gasteiger partial charge on any atom is -0.305 e. The second-order valence-electron chi connectivity index (χ2n) is 5.32. The third kappa shape index (κ3) is 3.45. The molecule has 0 radical (unpaired) electrons.